The molecule has 1 heterocycles. The molecule has 0 aliphatic carbocycles. The van der Waals surface area contributed by atoms with Crippen LogP contribution in [0.3, 0.4) is 0 Å². The SMILES string of the molecule is CN=C(NCCC(F)(F)F)NCc1ccccc1CN1CCN(c2ccccc2)CC1.I. The Labute approximate surface area is 205 Å². The normalized spacial score (nSPS) is 15.2. The van der Waals surface area contributed by atoms with Gasteiger partial charge in [0.2, 0.25) is 0 Å². The molecule has 2 aromatic rings. The minimum absolute atomic E-state index is 0. The number of rotatable bonds is 7. The van der Waals surface area contributed by atoms with Crippen molar-refractivity contribution in [2.45, 2.75) is 25.7 Å². The molecular weight excluding hydrogens is 530 g/mol. The number of hydrogen-bond donors (Lipinski definition) is 2. The predicted octanol–water partition coefficient (Wildman–Crippen LogP) is 4.24. The largest absolute Gasteiger partial charge is 0.390 e. The molecule has 0 saturated carbocycles. The van der Waals surface area contributed by atoms with Gasteiger partial charge in [0.25, 0.3) is 0 Å². The van der Waals surface area contributed by atoms with Gasteiger partial charge in [0.1, 0.15) is 0 Å². The van der Waals surface area contributed by atoms with Gasteiger partial charge in [0, 0.05) is 58.5 Å². The van der Waals surface area contributed by atoms with Gasteiger partial charge in [-0.3, -0.25) is 9.89 Å². The van der Waals surface area contributed by atoms with Crippen LogP contribution in [0, 0.1) is 0 Å². The number of aliphatic imine (C=N–C) groups is 1. The summed E-state index contributed by atoms with van der Waals surface area (Å²) in [5, 5.41) is 5.84. The van der Waals surface area contributed by atoms with Gasteiger partial charge in [-0.1, -0.05) is 42.5 Å². The highest BCUT2D eigenvalue weighted by atomic mass is 127. The molecular formula is C23H31F3IN5. The van der Waals surface area contributed by atoms with Crippen molar-refractivity contribution in [1.29, 1.82) is 0 Å². The maximum Gasteiger partial charge on any atom is 0.390 e. The van der Waals surface area contributed by atoms with E-state index in [2.05, 4.69) is 55.8 Å². The molecule has 0 radical (unpaired) electrons. The van der Waals surface area contributed by atoms with Gasteiger partial charge in [0.15, 0.2) is 5.96 Å². The van der Waals surface area contributed by atoms with E-state index in [1.165, 1.54) is 11.3 Å². The Morgan fingerprint density at radius 3 is 2.16 bits per heavy atom. The number of guanidine groups is 1. The summed E-state index contributed by atoms with van der Waals surface area (Å²) < 4.78 is 37.0. The number of piperazine rings is 1. The van der Waals surface area contributed by atoms with E-state index in [9.17, 15) is 13.2 Å². The highest BCUT2D eigenvalue weighted by Crippen LogP contribution is 2.19. The van der Waals surface area contributed by atoms with Crippen molar-refractivity contribution in [2.24, 2.45) is 4.99 Å². The van der Waals surface area contributed by atoms with Crippen LogP contribution in [0.5, 0.6) is 0 Å². The summed E-state index contributed by atoms with van der Waals surface area (Å²) in [6, 6.07) is 18.6. The molecule has 0 atom stereocenters. The number of alkyl halides is 3. The standard InChI is InChI=1S/C23H30F3N5.HI/c1-27-22(28-12-11-23(24,25)26)29-17-19-7-5-6-8-20(19)18-30-13-15-31(16-14-30)21-9-3-2-4-10-21;/h2-10H,11-18H2,1H3,(H2,27,28,29);1H. The molecule has 5 nitrogen and oxygen atoms in total. The lowest BCUT2D eigenvalue weighted by Gasteiger charge is -2.36. The number of benzene rings is 2. The lowest BCUT2D eigenvalue weighted by atomic mass is 10.1. The van der Waals surface area contributed by atoms with Gasteiger partial charge in [0.05, 0.1) is 6.42 Å². The monoisotopic (exact) mass is 561 g/mol. The van der Waals surface area contributed by atoms with Crippen LogP contribution in [0.4, 0.5) is 18.9 Å². The summed E-state index contributed by atoms with van der Waals surface area (Å²) in [5.74, 6) is 0.371. The minimum Gasteiger partial charge on any atom is -0.369 e. The van der Waals surface area contributed by atoms with Gasteiger partial charge in [-0.2, -0.15) is 13.2 Å². The van der Waals surface area contributed by atoms with Crippen LogP contribution in [-0.2, 0) is 13.1 Å². The quantitative estimate of drug-likeness (QED) is 0.302. The molecule has 2 aromatic carbocycles. The van der Waals surface area contributed by atoms with Crippen LogP contribution in [0.1, 0.15) is 17.5 Å². The first-order valence-electron chi connectivity index (χ1n) is 10.5. The van der Waals surface area contributed by atoms with Crippen molar-refractivity contribution >= 4 is 35.6 Å². The van der Waals surface area contributed by atoms with E-state index in [4.69, 9.17) is 0 Å². The number of para-hydroxylation sites is 1. The van der Waals surface area contributed by atoms with Gasteiger partial charge in [-0.15, -0.1) is 24.0 Å². The Hall–Kier alpha value is -2.01. The predicted molar refractivity (Wildman–Crippen MR) is 135 cm³/mol. The second-order valence-corrected chi connectivity index (χ2v) is 7.59. The Bertz CT molecular complexity index is 837. The van der Waals surface area contributed by atoms with Crippen LogP contribution < -0.4 is 15.5 Å². The average molecular weight is 561 g/mol. The van der Waals surface area contributed by atoms with Crippen molar-refractivity contribution in [2.75, 3.05) is 44.7 Å². The van der Waals surface area contributed by atoms with E-state index in [0.717, 1.165) is 38.3 Å². The van der Waals surface area contributed by atoms with Crippen molar-refractivity contribution < 1.29 is 13.2 Å². The molecule has 1 saturated heterocycles. The van der Waals surface area contributed by atoms with E-state index in [1.807, 2.05) is 24.3 Å². The van der Waals surface area contributed by atoms with Gasteiger partial charge in [-0.25, -0.2) is 0 Å². The molecule has 0 spiro atoms. The van der Waals surface area contributed by atoms with Gasteiger partial charge in [-0.05, 0) is 23.3 Å². The Kier molecular flexibility index (Phi) is 10.6. The summed E-state index contributed by atoms with van der Waals surface area (Å²) in [6.07, 6.45) is -5.07. The van der Waals surface area contributed by atoms with Crippen LogP contribution in [-0.4, -0.2) is 56.8 Å². The zero-order valence-electron chi connectivity index (χ0n) is 18.2. The van der Waals surface area contributed by atoms with Gasteiger partial charge < -0.3 is 15.5 Å². The molecule has 1 aliphatic heterocycles. The third-order valence-corrected chi connectivity index (χ3v) is 5.38. The van der Waals surface area contributed by atoms with Crippen molar-refractivity contribution in [3.8, 4) is 0 Å². The number of halogens is 4. The third-order valence-electron chi connectivity index (χ3n) is 5.38. The lowest BCUT2D eigenvalue weighted by Crippen LogP contribution is -2.46. The Morgan fingerprint density at radius 2 is 1.53 bits per heavy atom. The number of anilines is 1. The first kappa shape index (κ1) is 26.2. The molecule has 176 valence electrons. The van der Waals surface area contributed by atoms with E-state index in [1.54, 1.807) is 7.05 Å². The van der Waals surface area contributed by atoms with Crippen molar-refractivity contribution in [3.05, 3.63) is 65.7 Å². The summed E-state index contributed by atoms with van der Waals surface area (Å²) >= 11 is 0. The van der Waals surface area contributed by atoms with Crippen LogP contribution in [0.25, 0.3) is 0 Å². The minimum atomic E-state index is -4.18. The highest BCUT2D eigenvalue weighted by molar-refractivity contribution is 14.0. The lowest BCUT2D eigenvalue weighted by molar-refractivity contribution is -0.132. The van der Waals surface area contributed by atoms with Crippen molar-refractivity contribution in [3.63, 3.8) is 0 Å². The first-order chi connectivity index (χ1) is 14.9. The Balaban J connectivity index is 0.00000363. The van der Waals surface area contributed by atoms with Crippen LogP contribution in [0.15, 0.2) is 59.6 Å². The molecule has 0 amide bonds. The molecule has 32 heavy (non-hydrogen) atoms. The molecule has 3 rings (SSSR count). The summed E-state index contributed by atoms with van der Waals surface area (Å²) in [4.78, 5) is 8.86. The van der Waals surface area contributed by atoms with E-state index < -0.39 is 12.6 Å². The smallest absolute Gasteiger partial charge is 0.369 e. The number of hydrogen-bond acceptors (Lipinski definition) is 3. The Morgan fingerprint density at radius 1 is 0.906 bits per heavy atom. The molecule has 0 unspecified atom stereocenters. The fourth-order valence-electron chi connectivity index (χ4n) is 3.65. The summed E-state index contributed by atoms with van der Waals surface area (Å²) in [6.45, 7) is 5.10. The third kappa shape index (κ3) is 8.50. The molecule has 2 N–H and O–H groups in total. The van der Waals surface area contributed by atoms with Crippen LogP contribution in [0.2, 0.25) is 0 Å². The van der Waals surface area contributed by atoms with E-state index in [-0.39, 0.29) is 30.5 Å². The zero-order valence-corrected chi connectivity index (χ0v) is 20.6. The fraction of sp³-hybridized carbons (Fsp3) is 0.435. The second-order valence-electron chi connectivity index (χ2n) is 7.59. The second kappa shape index (κ2) is 12.9. The maximum absolute atomic E-state index is 12.3. The average Bonchev–Trinajstić information content (AvgIpc) is 2.77. The molecule has 9 heteroatoms. The molecule has 0 bridgehead atoms. The van der Waals surface area contributed by atoms with E-state index >= 15 is 0 Å². The number of nitrogens with zero attached hydrogens (tertiary/aromatic N) is 3. The number of nitrogens with one attached hydrogen (secondary N) is 2. The molecule has 1 aliphatic rings. The first-order valence-corrected chi connectivity index (χ1v) is 10.5. The van der Waals surface area contributed by atoms with Gasteiger partial charge >= 0.3 is 6.18 Å². The summed E-state index contributed by atoms with van der Waals surface area (Å²) in [7, 11) is 1.56. The van der Waals surface area contributed by atoms with Crippen LogP contribution >= 0.6 is 24.0 Å². The highest BCUT2D eigenvalue weighted by Gasteiger charge is 2.26. The molecule has 0 aromatic heterocycles. The maximum atomic E-state index is 12.3. The zero-order chi connectivity index (χ0) is 22.1. The van der Waals surface area contributed by atoms with Crippen molar-refractivity contribution in [1.82, 2.24) is 15.5 Å². The summed E-state index contributed by atoms with van der Waals surface area (Å²) in [5.41, 5.74) is 3.59. The molecule has 1 fully saturated rings. The van der Waals surface area contributed by atoms with E-state index in [0.29, 0.717) is 12.5 Å². The topological polar surface area (TPSA) is 42.9 Å². The fourth-order valence-corrected chi connectivity index (χ4v) is 3.65.